The standard InChI is InChI=1S/C12H18N2O3S/c1-3-5-17-12-8-10(13-4-6-18-2)7-11(9-12)14(15)16/h7-9,13H,3-6H2,1-2H3. The van der Waals surface area contributed by atoms with Crippen LogP contribution in [0, 0.1) is 10.1 Å². The van der Waals surface area contributed by atoms with Crippen molar-refractivity contribution >= 4 is 23.1 Å². The Morgan fingerprint density at radius 2 is 2.22 bits per heavy atom. The third-order valence-corrected chi connectivity index (χ3v) is 2.82. The molecule has 0 radical (unpaired) electrons. The molecule has 0 fully saturated rings. The van der Waals surface area contributed by atoms with Crippen molar-refractivity contribution in [2.24, 2.45) is 0 Å². The second kappa shape index (κ2) is 7.81. The second-order valence-corrected chi connectivity index (χ2v) is 4.73. The first-order valence-electron chi connectivity index (χ1n) is 5.82. The van der Waals surface area contributed by atoms with Crippen molar-refractivity contribution in [3.05, 3.63) is 28.3 Å². The van der Waals surface area contributed by atoms with Gasteiger partial charge in [0.25, 0.3) is 5.69 Å². The predicted molar refractivity (Wildman–Crippen MR) is 75.8 cm³/mol. The summed E-state index contributed by atoms with van der Waals surface area (Å²) < 4.78 is 5.44. The number of ether oxygens (including phenoxy) is 1. The van der Waals surface area contributed by atoms with Crippen LogP contribution in [0.15, 0.2) is 18.2 Å². The van der Waals surface area contributed by atoms with Crippen LogP contribution in [-0.4, -0.2) is 30.1 Å². The molecular weight excluding hydrogens is 252 g/mol. The van der Waals surface area contributed by atoms with Crippen LogP contribution in [0.25, 0.3) is 0 Å². The van der Waals surface area contributed by atoms with E-state index in [0.717, 1.165) is 24.4 Å². The molecule has 100 valence electrons. The molecule has 1 aromatic rings. The number of non-ortho nitro benzene ring substituents is 1. The van der Waals surface area contributed by atoms with E-state index in [1.807, 2.05) is 13.2 Å². The molecule has 0 atom stereocenters. The number of hydrogen-bond donors (Lipinski definition) is 1. The van der Waals surface area contributed by atoms with Gasteiger partial charge in [-0.25, -0.2) is 0 Å². The molecule has 1 rings (SSSR count). The summed E-state index contributed by atoms with van der Waals surface area (Å²) in [6.07, 6.45) is 2.89. The van der Waals surface area contributed by atoms with E-state index in [0.29, 0.717) is 12.4 Å². The van der Waals surface area contributed by atoms with Crippen LogP contribution in [0.3, 0.4) is 0 Å². The monoisotopic (exact) mass is 270 g/mol. The molecule has 0 amide bonds. The molecule has 0 heterocycles. The number of thioether (sulfide) groups is 1. The molecule has 0 aromatic heterocycles. The van der Waals surface area contributed by atoms with E-state index < -0.39 is 4.92 Å². The van der Waals surface area contributed by atoms with Crippen LogP contribution in [0.5, 0.6) is 5.75 Å². The number of anilines is 1. The fraction of sp³-hybridized carbons (Fsp3) is 0.500. The van der Waals surface area contributed by atoms with Crippen molar-refractivity contribution in [3.8, 4) is 5.75 Å². The fourth-order valence-corrected chi connectivity index (χ4v) is 1.70. The van der Waals surface area contributed by atoms with Gasteiger partial charge in [0.05, 0.1) is 17.6 Å². The van der Waals surface area contributed by atoms with E-state index >= 15 is 0 Å². The summed E-state index contributed by atoms with van der Waals surface area (Å²) in [5.74, 6) is 1.49. The van der Waals surface area contributed by atoms with Gasteiger partial charge in [0.15, 0.2) is 0 Å². The zero-order valence-electron chi connectivity index (χ0n) is 10.6. The Balaban J connectivity index is 2.80. The zero-order valence-corrected chi connectivity index (χ0v) is 11.5. The number of hydrogen-bond acceptors (Lipinski definition) is 5. The van der Waals surface area contributed by atoms with Crippen molar-refractivity contribution in [1.29, 1.82) is 0 Å². The lowest BCUT2D eigenvalue weighted by Gasteiger charge is -2.09. The molecule has 0 aliphatic heterocycles. The summed E-state index contributed by atoms with van der Waals surface area (Å²) in [4.78, 5) is 10.4. The van der Waals surface area contributed by atoms with Gasteiger partial charge >= 0.3 is 0 Å². The molecule has 5 nitrogen and oxygen atoms in total. The van der Waals surface area contributed by atoms with Crippen LogP contribution >= 0.6 is 11.8 Å². The fourth-order valence-electron chi connectivity index (χ4n) is 1.39. The first-order valence-corrected chi connectivity index (χ1v) is 7.22. The number of rotatable bonds is 8. The Kier molecular flexibility index (Phi) is 6.35. The molecule has 0 aliphatic carbocycles. The van der Waals surface area contributed by atoms with Gasteiger partial charge in [-0.1, -0.05) is 6.92 Å². The van der Waals surface area contributed by atoms with Crippen molar-refractivity contribution in [2.45, 2.75) is 13.3 Å². The summed E-state index contributed by atoms with van der Waals surface area (Å²) in [6, 6.07) is 4.78. The summed E-state index contributed by atoms with van der Waals surface area (Å²) in [6.45, 7) is 3.33. The lowest BCUT2D eigenvalue weighted by Crippen LogP contribution is -2.05. The predicted octanol–water partition coefficient (Wildman–Crippen LogP) is 3.16. The second-order valence-electron chi connectivity index (χ2n) is 3.74. The smallest absolute Gasteiger partial charge is 0.275 e. The van der Waals surface area contributed by atoms with Gasteiger partial charge in [0.1, 0.15) is 5.75 Å². The van der Waals surface area contributed by atoms with Gasteiger partial charge in [0.2, 0.25) is 0 Å². The molecule has 1 aromatic carbocycles. The Morgan fingerprint density at radius 1 is 1.44 bits per heavy atom. The van der Waals surface area contributed by atoms with Crippen LogP contribution in [-0.2, 0) is 0 Å². The number of benzene rings is 1. The molecule has 1 N–H and O–H groups in total. The first kappa shape index (κ1) is 14.6. The number of nitrogens with zero attached hydrogens (tertiary/aromatic N) is 1. The Morgan fingerprint density at radius 3 is 2.83 bits per heavy atom. The third kappa shape index (κ3) is 4.83. The highest BCUT2D eigenvalue weighted by Gasteiger charge is 2.10. The largest absolute Gasteiger partial charge is 0.493 e. The molecule has 0 unspecified atom stereocenters. The van der Waals surface area contributed by atoms with E-state index in [4.69, 9.17) is 4.74 Å². The highest BCUT2D eigenvalue weighted by molar-refractivity contribution is 7.98. The van der Waals surface area contributed by atoms with Gasteiger partial charge in [0, 0.05) is 30.1 Å². The summed E-state index contributed by atoms with van der Waals surface area (Å²) in [5, 5.41) is 14.0. The van der Waals surface area contributed by atoms with Gasteiger partial charge in [-0.2, -0.15) is 11.8 Å². The van der Waals surface area contributed by atoms with Gasteiger partial charge in [-0.3, -0.25) is 10.1 Å². The Bertz CT molecular complexity index is 399. The van der Waals surface area contributed by atoms with Crippen LogP contribution in [0.1, 0.15) is 13.3 Å². The lowest BCUT2D eigenvalue weighted by molar-refractivity contribution is -0.384. The van der Waals surface area contributed by atoms with Gasteiger partial charge < -0.3 is 10.1 Å². The maximum absolute atomic E-state index is 10.8. The molecule has 0 saturated heterocycles. The van der Waals surface area contributed by atoms with Crippen molar-refractivity contribution in [1.82, 2.24) is 0 Å². The normalized spacial score (nSPS) is 10.1. The minimum atomic E-state index is -0.404. The molecule has 0 spiro atoms. The zero-order chi connectivity index (χ0) is 13.4. The third-order valence-electron chi connectivity index (χ3n) is 2.21. The van der Waals surface area contributed by atoms with Crippen molar-refractivity contribution < 1.29 is 9.66 Å². The first-order chi connectivity index (χ1) is 8.67. The summed E-state index contributed by atoms with van der Waals surface area (Å²) in [5.41, 5.74) is 0.777. The van der Waals surface area contributed by atoms with Crippen molar-refractivity contribution in [2.75, 3.05) is 30.5 Å². The number of nitro benzene ring substituents is 1. The minimum absolute atomic E-state index is 0.0512. The van der Waals surface area contributed by atoms with Gasteiger partial charge in [-0.05, 0) is 12.7 Å². The topological polar surface area (TPSA) is 64.4 Å². The number of nitro groups is 1. The van der Waals surface area contributed by atoms with E-state index in [1.54, 1.807) is 17.8 Å². The van der Waals surface area contributed by atoms with E-state index in [-0.39, 0.29) is 5.69 Å². The maximum Gasteiger partial charge on any atom is 0.275 e. The van der Waals surface area contributed by atoms with Crippen LogP contribution in [0.4, 0.5) is 11.4 Å². The maximum atomic E-state index is 10.8. The highest BCUT2D eigenvalue weighted by atomic mass is 32.2. The number of nitrogens with one attached hydrogen (secondary N) is 1. The quantitative estimate of drug-likeness (QED) is 0.446. The molecular formula is C12H18N2O3S. The molecule has 18 heavy (non-hydrogen) atoms. The molecule has 6 heteroatoms. The molecule has 0 bridgehead atoms. The van der Waals surface area contributed by atoms with Crippen molar-refractivity contribution in [3.63, 3.8) is 0 Å². The van der Waals surface area contributed by atoms with Crippen LogP contribution < -0.4 is 10.1 Å². The van der Waals surface area contributed by atoms with E-state index in [2.05, 4.69) is 5.32 Å². The minimum Gasteiger partial charge on any atom is -0.493 e. The Labute approximate surface area is 111 Å². The van der Waals surface area contributed by atoms with Crippen LogP contribution in [0.2, 0.25) is 0 Å². The average Bonchev–Trinajstić information content (AvgIpc) is 2.36. The summed E-state index contributed by atoms with van der Waals surface area (Å²) in [7, 11) is 0. The highest BCUT2D eigenvalue weighted by Crippen LogP contribution is 2.26. The Hall–Kier alpha value is -1.43. The SMILES string of the molecule is CCCOc1cc(NCCSC)cc([N+](=O)[O-])c1. The van der Waals surface area contributed by atoms with E-state index in [9.17, 15) is 10.1 Å². The molecule has 0 aliphatic rings. The molecule has 0 saturated carbocycles. The average molecular weight is 270 g/mol. The lowest BCUT2D eigenvalue weighted by atomic mass is 10.2. The summed E-state index contributed by atoms with van der Waals surface area (Å²) >= 11 is 1.72. The van der Waals surface area contributed by atoms with Gasteiger partial charge in [-0.15, -0.1) is 0 Å². The van der Waals surface area contributed by atoms with E-state index in [1.165, 1.54) is 12.1 Å².